The number of methoxy groups -OCH3 is 1. The summed E-state index contributed by atoms with van der Waals surface area (Å²) in [5.41, 5.74) is 0.0896. The summed E-state index contributed by atoms with van der Waals surface area (Å²) in [5.74, 6) is -0.274. The second-order valence-electron chi connectivity index (χ2n) is 3.79. The second kappa shape index (κ2) is 6.03. The lowest BCUT2D eigenvalue weighted by molar-refractivity contribution is -0.149. The van der Waals surface area contributed by atoms with Crippen LogP contribution < -0.4 is 5.32 Å². The van der Waals surface area contributed by atoms with Crippen LogP contribution in [0.5, 0.6) is 0 Å². The Balaban J connectivity index is 3.20. The molecule has 17 heavy (non-hydrogen) atoms. The summed E-state index contributed by atoms with van der Waals surface area (Å²) in [6.07, 6.45) is 0.620. The molecule has 0 saturated carbocycles. The second-order valence-corrected chi connectivity index (χ2v) is 4.22. The van der Waals surface area contributed by atoms with Crippen LogP contribution in [0.3, 0.4) is 0 Å². The van der Waals surface area contributed by atoms with Gasteiger partial charge in [-0.3, -0.25) is 5.32 Å². The summed E-state index contributed by atoms with van der Waals surface area (Å²) in [6, 6.07) is 7.26. The fourth-order valence-corrected chi connectivity index (χ4v) is 2.10. The minimum Gasteiger partial charge on any atom is -0.467 e. The molecule has 0 heterocycles. The van der Waals surface area contributed by atoms with Gasteiger partial charge in [-0.05, 0) is 30.7 Å². The molecule has 0 aliphatic heterocycles. The predicted octanol–water partition coefficient (Wildman–Crippen LogP) is 2.73. The van der Waals surface area contributed by atoms with Crippen molar-refractivity contribution in [2.24, 2.45) is 0 Å². The van der Waals surface area contributed by atoms with Crippen molar-refractivity contribution < 1.29 is 9.53 Å². The Labute approximate surface area is 107 Å². The highest BCUT2D eigenvalue weighted by Crippen LogP contribution is 2.27. The molecule has 0 amide bonds. The van der Waals surface area contributed by atoms with Gasteiger partial charge >= 0.3 is 5.97 Å². The zero-order chi connectivity index (χ0) is 12.9. The number of carbonyl (C=O) groups is 1. The third-order valence-corrected chi connectivity index (χ3v) is 3.13. The number of halogens is 1. The van der Waals surface area contributed by atoms with Crippen molar-refractivity contribution in [2.45, 2.75) is 25.8 Å². The van der Waals surface area contributed by atoms with Gasteiger partial charge in [0.05, 0.1) is 7.11 Å². The van der Waals surface area contributed by atoms with Gasteiger partial charge in [0.25, 0.3) is 0 Å². The summed E-state index contributed by atoms with van der Waals surface area (Å²) >= 11 is 5.86. The Morgan fingerprint density at radius 1 is 1.35 bits per heavy atom. The first kappa shape index (κ1) is 14.0. The van der Waals surface area contributed by atoms with Crippen LogP contribution in [0.15, 0.2) is 24.3 Å². The number of carbonyl (C=O) groups excluding carboxylic acids is 1. The van der Waals surface area contributed by atoms with E-state index in [1.165, 1.54) is 7.11 Å². The minimum atomic E-state index is -0.784. The normalized spacial score (nSPS) is 14.1. The quantitative estimate of drug-likeness (QED) is 0.823. The molecule has 94 valence electrons. The van der Waals surface area contributed by atoms with Crippen molar-refractivity contribution in [1.82, 2.24) is 5.32 Å². The predicted molar refractivity (Wildman–Crippen MR) is 69.1 cm³/mol. The third-order valence-electron chi connectivity index (χ3n) is 2.88. The van der Waals surface area contributed by atoms with E-state index in [0.29, 0.717) is 18.0 Å². The van der Waals surface area contributed by atoms with E-state index in [-0.39, 0.29) is 5.97 Å². The molecule has 3 nitrogen and oxygen atoms in total. The van der Waals surface area contributed by atoms with Crippen LogP contribution >= 0.6 is 11.6 Å². The summed E-state index contributed by atoms with van der Waals surface area (Å²) in [5, 5.41) is 3.87. The number of hydrogen-bond acceptors (Lipinski definition) is 3. The number of likely N-dealkylation sites (N-methyl/N-ethyl adjacent to an activating group) is 1. The molecule has 0 fully saturated rings. The molecular weight excluding hydrogens is 238 g/mol. The standard InChI is InChI=1S/C13H18ClNO2/c1-4-13(15-5-2,12(16)17-3)10-6-8-11(14)9-7-10/h6-9,15H,4-5H2,1-3H3. The zero-order valence-corrected chi connectivity index (χ0v) is 11.2. The van der Waals surface area contributed by atoms with Gasteiger partial charge in [0.15, 0.2) is 0 Å². The first-order valence-electron chi connectivity index (χ1n) is 5.70. The van der Waals surface area contributed by atoms with Crippen molar-refractivity contribution in [1.29, 1.82) is 0 Å². The van der Waals surface area contributed by atoms with Crippen molar-refractivity contribution in [2.75, 3.05) is 13.7 Å². The monoisotopic (exact) mass is 255 g/mol. The number of benzene rings is 1. The summed E-state index contributed by atoms with van der Waals surface area (Å²) in [4.78, 5) is 12.0. The van der Waals surface area contributed by atoms with E-state index in [1.54, 1.807) is 12.1 Å². The molecule has 1 aromatic rings. The maximum atomic E-state index is 12.0. The molecule has 0 aliphatic carbocycles. The lowest BCUT2D eigenvalue weighted by atomic mass is 9.87. The van der Waals surface area contributed by atoms with Crippen LogP contribution in [-0.4, -0.2) is 19.6 Å². The molecule has 0 spiro atoms. The summed E-state index contributed by atoms with van der Waals surface area (Å²) in [7, 11) is 1.40. The first-order chi connectivity index (χ1) is 8.10. The molecule has 0 saturated heterocycles. The maximum absolute atomic E-state index is 12.0. The molecule has 1 aromatic carbocycles. The summed E-state index contributed by atoms with van der Waals surface area (Å²) in [6.45, 7) is 4.60. The highest BCUT2D eigenvalue weighted by molar-refractivity contribution is 6.30. The number of ether oxygens (including phenoxy) is 1. The van der Waals surface area contributed by atoms with Crippen LogP contribution in [0.4, 0.5) is 0 Å². The number of nitrogens with one attached hydrogen (secondary N) is 1. The van der Waals surface area contributed by atoms with E-state index in [0.717, 1.165) is 5.56 Å². The molecule has 4 heteroatoms. The van der Waals surface area contributed by atoms with E-state index in [9.17, 15) is 4.79 Å². The Morgan fingerprint density at radius 3 is 2.35 bits per heavy atom. The topological polar surface area (TPSA) is 38.3 Å². The van der Waals surface area contributed by atoms with Crippen LogP contribution in [0.1, 0.15) is 25.8 Å². The smallest absolute Gasteiger partial charge is 0.330 e. The van der Waals surface area contributed by atoms with E-state index in [4.69, 9.17) is 16.3 Å². The molecule has 0 aliphatic rings. The molecular formula is C13H18ClNO2. The van der Waals surface area contributed by atoms with Gasteiger partial charge in [0, 0.05) is 5.02 Å². The fourth-order valence-electron chi connectivity index (χ4n) is 1.98. The zero-order valence-electron chi connectivity index (χ0n) is 10.4. The number of rotatable bonds is 5. The molecule has 0 aromatic heterocycles. The molecule has 1 rings (SSSR count). The number of esters is 1. The average Bonchev–Trinajstić information content (AvgIpc) is 2.36. The largest absolute Gasteiger partial charge is 0.467 e. The van der Waals surface area contributed by atoms with Gasteiger partial charge in [-0.15, -0.1) is 0 Å². The van der Waals surface area contributed by atoms with Gasteiger partial charge in [0.2, 0.25) is 0 Å². The first-order valence-corrected chi connectivity index (χ1v) is 6.08. The average molecular weight is 256 g/mol. The van der Waals surface area contributed by atoms with Crippen molar-refractivity contribution in [3.8, 4) is 0 Å². The van der Waals surface area contributed by atoms with Crippen molar-refractivity contribution in [3.63, 3.8) is 0 Å². The lowest BCUT2D eigenvalue weighted by Gasteiger charge is -2.31. The van der Waals surface area contributed by atoms with E-state index < -0.39 is 5.54 Å². The molecule has 0 radical (unpaired) electrons. The highest BCUT2D eigenvalue weighted by atomic mass is 35.5. The van der Waals surface area contributed by atoms with E-state index in [2.05, 4.69) is 5.32 Å². The molecule has 1 unspecified atom stereocenters. The fraction of sp³-hybridized carbons (Fsp3) is 0.462. The van der Waals surface area contributed by atoms with Crippen molar-refractivity contribution >= 4 is 17.6 Å². The minimum absolute atomic E-state index is 0.274. The van der Waals surface area contributed by atoms with Crippen LogP contribution in [0.2, 0.25) is 5.02 Å². The van der Waals surface area contributed by atoms with E-state index in [1.807, 2.05) is 26.0 Å². The SMILES string of the molecule is CCNC(CC)(C(=O)OC)c1ccc(Cl)cc1. The van der Waals surface area contributed by atoms with Crippen LogP contribution in [0.25, 0.3) is 0 Å². The molecule has 0 bridgehead atoms. The van der Waals surface area contributed by atoms with Crippen LogP contribution in [-0.2, 0) is 15.1 Å². The Hall–Kier alpha value is -1.06. The van der Waals surface area contributed by atoms with Gasteiger partial charge in [-0.2, -0.15) is 0 Å². The number of hydrogen-bond donors (Lipinski definition) is 1. The Kier molecular flexibility index (Phi) is 4.97. The molecule has 1 atom stereocenters. The van der Waals surface area contributed by atoms with Gasteiger partial charge < -0.3 is 4.74 Å². The Morgan fingerprint density at radius 2 is 1.94 bits per heavy atom. The third kappa shape index (κ3) is 2.79. The lowest BCUT2D eigenvalue weighted by Crippen LogP contribution is -2.49. The van der Waals surface area contributed by atoms with Gasteiger partial charge in [0.1, 0.15) is 5.54 Å². The van der Waals surface area contributed by atoms with Gasteiger partial charge in [-0.1, -0.05) is 37.6 Å². The molecule has 1 N–H and O–H groups in total. The van der Waals surface area contributed by atoms with E-state index >= 15 is 0 Å². The maximum Gasteiger partial charge on any atom is 0.330 e. The van der Waals surface area contributed by atoms with Crippen LogP contribution in [0, 0.1) is 0 Å². The van der Waals surface area contributed by atoms with Gasteiger partial charge in [-0.25, -0.2) is 4.79 Å². The summed E-state index contributed by atoms with van der Waals surface area (Å²) < 4.78 is 4.91. The Bertz CT molecular complexity index is 378. The highest BCUT2D eigenvalue weighted by Gasteiger charge is 2.38. The van der Waals surface area contributed by atoms with Crippen molar-refractivity contribution in [3.05, 3.63) is 34.9 Å².